The highest BCUT2D eigenvalue weighted by atomic mass is 15.4. The van der Waals surface area contributed by atoms with Crippen molar-refractivity contribution in [1.29, 1.82) is 0 Å². The molecule has 1 aliphatic heterocycles. The van der Waals surface area contributed by atoms with Crippen molar-refractivity contribution in [3.05, 3.63) is 83.9 Å². The van der Waals surface area contributed by atoms with E-state index in [-0.39, 0.29) is 0 Å². The molecule has 0 spiro atoms. The predicted octanol–water partition coefficient (Wildman–Crippen LogP) is 4.30. The molecule has 1 saturated heterocycles. The number of benzene rings is 3. The minimum absolute atomic E-state index is 0.374. The fourth-order valence-electron chi connectivity index (χ4n) is 3.94. The highest BCUT2D eigenvalue weighted by molar-refractivity contribution is 5.83. The second-order valence-corrected chi connectivity index (χ2v) is 7.58. The summed E-state index contributed by atoms with van der Waals surface area (Å²) in [7, 11) is 4.62. The Morgan fingerprint density at radius 2 is 1.50 bits per heavy atom. The molecule has 0 bridgehead atoms. The lowest BCUT2D eigenvalue weighted by molar-refractivity contribution is -0.900. The molecule has 3 aromatic rings. The van der Waals surface area contributed by atoms with Crippen molar-refractivity contribution >= 4 is 10.8 Å². The van der Waals surface area contributed by atoms with E-state index in [0.717, 1.165) is 17.7 Å². The summed E-state index contributed by atoms with van der Waals surface area (Å²) in [4.78, 5) is 0. The Kier molecular flexibility index (Phi) is 3.87. The van der Waals surface area contributed by atoms with Crippen molar-refractivity contribution in [1.82, 2.24) is 5.32 Å². The van der Waals surface area contributed by atoms with Crippen LogP contribution in [0.15, 0.2) is 72.8 Å². The third-order valence-electron chi connectivity index (χ3n) is 5.19. The van der Waals surface area contributed by atoms with E-state index in [9.17, 15) is 0 Å². The summed E-state index contributed by atoms with van der Waals surface area (Å²) in [6, 6.07) is 26.8. The van der Waals surface area contributed by atoms with Gasteiger partial charge < -0.3 is 4.48 Å². The highest BCUT2D eigenvalue weighted by Gasteiger charge is 2.36. The van der Waals surface area contributed by atoms with Gasteiger partial charge in [0.25, 0.3) is 0 Å². The summed E-state index contributed by atoms with van der Waals surface area (Å²) < 4.78 is 1.00. The van der Waals surface area contributed by atoms with Gasteiger partial charge in [0.1, 0.15) is 6.67 Å². The van der Waals surface area contributed by atoms with Crippen LogP contribution in [0, 0.1) is 0 Å². The van der Waals surface area contributed by atoms with E-state index >= 15 is 0 Å². The topological polar surface area (TPSA) is 12.0 Å². The molecule has 0 unspecified atom stereocenters. The van der Waals surface area contributed by atoms with Gasteiger partial charge in [-0.2, -0.15) is 0 Å². The average Bonchev–Trinajstić information content (AvgIpc) is 2.61. The Hall–Kier alpha value is -2.16. The Balaban J connectivity index is 1.77. The number of hydrogen-bond acceptors (Lipinski definition) is 1. The minimum atomic E-state index is 0.374. The maximum Gasteiger partial charge on any atom is 0.132 e. The van der Waals surface area contributed by atoms with Crippen LogP contribution in [0.3, 0.4) is 0 Å². The zero-order valence-electron chi connectivity index (χ0n) is 14.4. The Bertz CT molecular complexity index is 839. The lowest BCUT2D eigenvalue weighted by Gasteiger charge is -2.43. The van der Waals surface area contributed by atoms with Crippen molar-refractivity contribution in [3.63, 3.8) is 0 Å². The van der Waals surface area contributed by atoms with Gasteiger partial charge in [-0.25, -0.2) is 0 Å². The molecule has 0 saturated carbocycles. The number of fused-ring (bicyclic) bond motifs is 1. The summed E-state index contributed by atoms with van der Waals surface area (Å²) in [5.74, 6) is 0.473. The SMILES string of the molecule is C[N+]1(C)CN[C@H](c2ccccc2)[C@@H](c2ccc3ccccc3c2)C1. The third kappa shape index (κ3) is 2.95. The van der Waals surface area contributed by atoms with Gasteiger partial charge in [0.2, 0.25) is 0 Å². The molecule has 0 aromatic heterocycles. The van der Waals surface area contributed by atoms with E-state index in [1.54, 1.807) is 0 Å². The van der Waals surface area contributed by atoms with Gasteiger partial charge in [0.15, 0.2) is 0 Å². The number of nitrogens with one attached hydrogen (secondary N) is 1. The molecular weight excluding hydrogens is 292 g/mol. The fourth-order valence-corrected chi connectivity index (χ4v) is 3.94. The maximum absolute atomic E-state index is 3.79. The molecule has 4 rings (SSSR count). The largest absolute Gasteiger partial charge is 0.316 e. The van der Waals surface area contributed by atoms with Crippen LogP contribution in [0.1, 0.15) is 23.1 Å². The minimum Gasteiger partial charge on any atom is -0.316 e. The van der Waals surface area contributed by atoms with Gasteiger partial charge >= 0.3 is 0 Å². The number of rotatable bonds is 2. The van der Waals surface area contributed by atoms with Gasteiger partial charge in [-0.3, -0.25) is 5.32 Å². The summed E-state index contributed by atoms with van der Waals surface area (Å²) >= 11 is 0. The van der Waals surface area contributed by atoms with Crippen LogP contribution in [-0.4, -0.2) is 31.8 Å². The van der Waals surface area contributed by atoms with Crippen LogP contribution in [0.5, 0.6) is 0 Å². The summed E-state index contributed by atoms with van der Waals surface area (Å²) in [6.45, 7) is 2.15. The lowest BCUT2D eigenvalue weighted by atomic mass is 9.84. The lowest BCUT2D eigenvalue weighted by Crippen LogP contribution is -2.56. The normalized spacial score (nSPS) is 23.2. The van der Waals surface area contributed by atoms with E-state index < -0.39 is 0 Å². The zero-order valence-corrected chi connectivity index (χ0v) is 14.4. The molecule has 3 aromatic carbocycles. The monoisotopic (exact) mass is 317 g/mol. The number of likely N-dealkylation sites (N-methyl/N-ethyl adjacent to an activating group) is 1. The molecular formula is C22H25N2+. The Morgan fingerprint density at radius 1 is 0.792 bits per heavy atom. The number of nitrogens with zero attached hydrogens (tertiary/aromatic N) is 1. The zero-order chi connectivity index (χ0) is 16.6. The van der Waals surface area contributed by atoms with Crippen molar-refractivity contribution in [2.24, 2.45) is 0 Å². The van der Waals surface area contributed by atoms with Crippen molar-refractivity contribution < 1.29 is 4.48 Å². The Morgan fingerprint density at radius 3 is 2.29 bits per heavy atom. The molecule has 2 heteroatoms. The summed E-state index contributed by atoms with van der Waals surface area (Å²) in [6.07, 6.45) is 0. The van der Waals surface area contributed by atoms with Crippen LogP contribution in [-0.2, 0) is 0 Å². The first-order valence-corrected chi connectivity index (χ1v) is 8.71. The highest BCUT2D eigenvalue weighted by Crippen LogP contribution is 2.36. The maximum atomic E-state index is 3.79. The van der Waals surface area contributed by atoms with Crippen LogP contribution < -0.4 is 5.32 Å². The fraction of sp³-hybridized carbons (Fsp3) is 0.273. The first-order valence-electron chi connectivity index (χ1n) is 8.71. The van der Waals surface area contributed by atoms with Gasteiger partial charge in [0.05, 0.1) is 26.6 Å². The van der Waals surface area contributed by atoms with Crippen LogP contribution in [0.4, 0.5) is 0 Å². The number of quaternary nitrogens is 1. The van der Waals surface area contributed by atoms with Crippen molar-refractivity contribution in [3.8, 4) is 0 Å². The smallest absolute Gasteiger partial charge is 0.132 e. The van der Waals surface area contributed by atoms with E-state index in [0.29, 0.717) is 12.0 Å². The van der Waals surface area contributed by atoms with Crippen molar-refractivity contribution in [2.75, 3.05) is 27.3 Å². The standard InChI is InChI=1S/C22H25N2/c1-24(2)15-21(22(23-16-24)18-9-4-3-5-10-18)20-13-12-17-8-6-7-11-19(17)14-20/h3-14,21-23H,15-16H2,1-2H3/q+1/t21-,22-/m1/s1. The average molecular weight is 317 g/mol. The molecule has 0 aliphatic carbocycles. The molecule has 0 amide bonds. The third-order valence-corrected chi connectivity index (χ3v) is 5.19. The van der Waals surface area contributed by atoms with Gasteiger partial charge in [-0.1, -0.05) is 72.8 Å². The molecule has 122 valence electrons. The summed E-state index contributed by atoms with van der Waals surface area (Å²) in [5, 5.41) is 6.44. The van der Waals surface area contributed by atoms with E-state index in [1.165, 1.54) is 21.9 Å². The second-order valence-electron chi connectivity index (χ2n) is 7.58. The first-order chi connectivity index (χ1) is 11.6. The van der Waals surface area contributed by atoms with Crippen LogP contribution in [0.2, 0.25) is 0 Å². The second kappa shape index (κ2) is 6.04. The van der Waals surface area contributed by atoms with Crippen LogP contribution in [0.25, 0.3) is 10.8 Å². The Labute approximate surface area is 144 Å². The quantitative estimate of drug-likeness (QED) is 0.695. The molecule has 2 atom stereocenters. The molecule has 1 fully saturated rings. The number of hydrogen-bond donors (Lipinski definition) is 1. The van der Waals surface area contributed by atoms with E-state index in [4.69, 9.17) is 0 Å². The predicted molar refractivity (Wildman–Crippen MR) is 101 cm³/mol. The van der Waals surface area contributed by atoms with E-state index in [2.05, 4.69) is 92.2 Å². The first kappa shape index (κ1) is 15.4. The van der Waals surface area contributed by atoms with Crippen molar-refractivity contribution in [2.45, 2.75) is 12.0 Å². The van der Waals surface area contributed by atoms with E-state index in [1.807, 2.05) is 0 Å². The molecule has 24 heavy (non-hydrogen) atoms. The molecule has 1 heterocycles. The van der Waals surface area contributed by atoms with Gasteiger partial charge in [0, 0.05) is 6.04 Å². The molecule has 2 nitrogen and oxygen atoms in total. The summed E-state index contributed by atoms with van der Waals surface area (Å²) in [5.41, 5.74) is 2.82. The molecule has 1 N–H and O–H groups in total. The van der Waals surface area contributed by atoms with Gasteiger partial charge in [-0.15, -0.1) is 0 Å². The molecule has 1 aliphatic rings. The molecule has 0 radical (unpaired) electrons. The van der Waals surface area contributed by atoms with Gasteiger partial charge in [-0.05, 0) is 21.9 Å². The van der Waals surface area contributed by atoms with Crippen LogP contribution >= 0.6 is 0 Å².